The molecule has 0 fully saturated rings. The molecule has 0 heterocycles. The van der Waals surface area contributed by atoms with Gasteiger partial charge in [0, 0.05) is 4.48 Å². The summed E-state index contributed by atoms with van der Waals surface area (Å²) in [5, 5.41) is 0. The number of carbonyl (C=O) groups is 1. The van der Waals surface area contributed by atoms with Gasteiger partial charge in [0.05, 0.1) is 0 Å². The highest BCUT2D eigenvalue weighted by Crippen LogP contribution is 2.21. The van der Waals surface area contributed by atoms with Gasteiger partial charge in [0.2, 0.25) is 0 Å². The van der Waals surface area contributed by atoms with Gasteiger partial charge in [0.15, 0.2) is 5.78 Å². The van der Waals surface area contributed by atoms with Crippen LogP contribution in [0.4, 0.5) is 0 Å². The Hall–Kier alpha value is -0.370. The maximum Gasteiger partial charge on any atom is 0.155 e. The minimum Gasteiger partial charge on any atom is -0.295 e. The van der Waals surface area contributed by atoms with E-state index < -0.39 is 0 Å². The molecule has 0 N–H and O–H groups in total. The molecule has 0 aliphatic heterocycles. The second-order valence-electron chi connectivity index (χ2n) is 2.35. The lowest BCUT2D eigenvalue weighted by Gasteiger charge is -2.06. The summed E-state index contributed by atoms with van der Waals surface area (Å²) in [6.45, 7) is 1.61. The van der Waals surface area contributed by atoms with Crippen molar-refractivity contribution in [3.63, 3.8) is 0 Å². The zero-order chi connectivity index (χ0) is 7.56. The summed E-state index contributed by atoms with van der Waals surface area (Å²) in [4.78, 5) is 10.8. The summed E-state index contributed by atoms with van der Waals surface area (Å²) in [5.41, 5.74) is 0.925. The molecule has 0 saturated carbocycles. The molecule has 1 aliphatic carbocycles. The molecule has 0 bridgehead atoms. The molecule has 0 amide bonds. The summed E-state index contributed by atoms with van der Waals surface area (Å²) in [7, 11) is 0. The van der Waals surface area contributed by atoms with E-state index in [-0.39, 0.29) is 5.78 Å². The SMILES string of the molecule is CC(=O)C1=CC(Br)=CCC1. The zero-order valence-electron chi connectivity index (χ0n) is 5.86. The summed E-state index contributed by atoms with van der Waals surface area (Å²) in [5.74, 6) is 0.185. The molecule has 54 valence electrons. The first-order valence-electron chi connectivity index (χ1n) is 3.27. The molecule has 1 nitrogen and oxygen atoms in total. The van der Waals surface area contributed by atoms with Crippen LogP contribution in [0.2, 0.25) is 0 Å². The van der Waals surface area contributed by atoms with Gasteiger partial charge in [-0.15, -0.1) is 0 Å². The summed E-state index contributed by atoms with van der Waals surface area (Å²) >= 11 is 3.33. The fourth-order valence-corrected chi connectivity index (χ4v) is 1.45. The average Bonchev–Trinajstić information content (AvgIpc) is 1.88. The normalized spacial score (nSPS) is 17.8. The first-order valence-corrected chi connectivity index (χ1v) is 4.06. The molecule has 0 aromatic heterocycles. The van der Waals surface area contributed by atoms with Crippen LogP contribution in [0.25, 0.3) is 0 Å². The van der Waals surface area contributed by atoms with Crippen LogP contribution in [0.1, 0.15) is 19.8 Å². The highest BCUT2D eigenvalue weighted by Gasteiger charge is 2.06. The number of Topliss-reactive ketones (excluding diaryl/α,β-unsaturated/α-hetero) is 1. The average molecular weight is 201 g/mol. The van der Waals surface area contributed by atoms with E-state index in [1.54, 1.807) is 6.92 Å². The summed E-state index contributed by atoms with van der Waals surface area (Å²) in [6, 6.07) is 0. The molecule has 0 aromatic rings. The lowest BCUT2D eigenvalue weighted by molar-refractivity contribution is -0.113. The van der Waals surface area contributed by atoms with Crippen LogP contribution in [0.3, 0.4) is 0 Å². The van der Waals surface area contributed by atoms with Crippen LogP contribution in [-0.4, -0.2) is 5.78 Å². The van der Waals surface area contributed by atoms with E-state index in [4.69, 9.17) is 0 Å². The van der Waals surface area contributed by atoms with Crippen molar-refractivity contribution in [3.05, 3.63) is 22.2 Å². The Morgan fingerprint density at radius 3 is 2.80 bits per heavy atom. The molecule has 0 saturated heterocycles. The van der Waals surface area contributed by atoms with E-state index in [9.17, 15) is 4.79 Å². The second kappa shape index (κ2) is 3.15. The molecule has 10 heavy (non-hydrogen) atoms. The van der Waals surface area contributed by atoms with E-state index >= 15 is 0 Å². The maximum atomic E-state index is 10.8. The van der Waals surface area contributed by atoms with Crippen molar-refractivity contribution in [2.45, 2.75) is 19.8 Å². The van der Waals surface area contributed by atoms with Crippen molar-refractivity contribution in [3.8, 4) is 0 Å². The molecule has 1 rings (SSSR count). The molecule has 0 radical (unpaired) electrons. The standard InChI is InChI=1S/C8H9BrO/c1-6(10)7-3-2-4-8(9)5-7/h4-5H,2-3H2,1H3. The molecule has 0 aromatic carbocycles. The Kier molecular flexibility index (Phi) is 2.44. The third kappa shape index (κ3) is 1.81. The van der Waals surface area contributed by atoms with Gasteiger partial charge < -0.3 is 0 Å². The second-order valence-corrected chi connectivity index (χ2v) is 3.27. The molecule has 2 heteroatoms. The molecule has 0 spiro atoms. The van der Waals surface area contributed by atoms with Gasteiger partial charge in [-0.25, -0.2) is 0 Å². The van der Waals surface area contributed by atoms with E-state index in [2.05, 4.69) is 22.0 Å². The van der Waals surface area contributed by atoms with Crippen molar-refractivity contribution >= 4 is 21.7 Å². The third-order valence-corrected chi connectivity index (χ3v) is 2.07. The maximum absolute atomic E-state index is 10.8. The Labute approximate surface area is 68.9 Å². The summed E-state index contributed by atoms with van der Waals surface area (Å²) in [6.07, 6.45) is 5.84. The van der Waals surface area contributed by atoms with Gasteiger partial charge in [-0.1, -0.05) is 22.0 Å². The van der Waals surface area contributed by atoms with Gasteiger partial charge in [-0.2, -0.15) is 0 Å². The Morgan fingerprint density at radius 1 is 1.70 bits per heavy atom. The first-order chi connectivity index (χ1) is 4.70. The van der Waals surface area contributed by atoms with Crippen molar-refractivity contribution in [1.29, 1.82) is 0 Å². The van der Waals surface area contributed by atoms with Crippen LogP contribution in [0.5, 0.6) is 0 Å². The van der Waals surface area contributed by atoms with Crippen LogP contribution >= 0.6 is 15.9 Å². The Balaban J connectivity index is 2.78. The first kappa shape index (κ1) is 7.73. The van der Waals surface area contributed by atoms with E-state index in [0.29, 0.717) is 0 Å². The third-order valence-electron chi connectivity index (χ3n) is 1.52. The number of halogens is 1. The van der Waals surface area contributed by atoms with Crippen LogP contribution in [0.15, 0.2) is 22.2 Å². The van der Waals surface area contributed by atoms with E-state index in [0.717, 1.165) is 22.9 Å². The van der Waals surface area contributed by atoms with Crippen LogP contribution in [0, 0.1) is 0 Å². The highest BCUT2D eigenvalue weighted by molar-refractivity contribution is 9.11. The van der Waals surface area contributed by atoms with Gasteiger partial charge in [-0.05, 0) is 31.4 Å². The highest BCUT2D eigenvalue weighted by atomic mass is 79.9. The Bertz CT molecular complexity index is 213. The van der Waals surface area contributed by atoms with Crippen LogP contribution in [-0.2, 0) is 4.79 Å². The molecular formula is C8H9BrO. The van der Waals surface area contributed by atoms with Crippen molar-refractivity contribution < 1.29 is 4.79 Å². The lowest BCUT2D eigenvalue weighted by Crippen LogP contribution is -1.98. The summed E-state index contributed by atoms with van der Waals surface area (Å²) < 4.78 is 1.03. The lowest BCUT2D eigenvalue weighted by atomic mass is 10.0. The van der Waals surface area contributed by atoms with Crippen molar-refractivity contribution in [2.24, 2.45) is 0 Å². The molecule has 0 unspecified atom stereocenters. The Morgan fingerprint density at radius 2 is 2.40 bits per heavy atom. The van der Waals surface area contributed by atoms with Crippen LogP contribution < -0.4 is 0 Å². The quantitative estimate of drug-likeness (QED) is 0.637. The van der Waals surface area contributed by atoms with Gasteiger partial charge in [-0.3, -0.25) is 4.79 Å². The van der Waals surface area contributed by atoms with Gasteiger partial charge in [0.25, 0.3) is 0 Å². The smallest absolute Gasteiger partial charge is 0.155 e. The fourth-order valence-electron chi connectivity index (χ4n) is 0.941. The number of hydrogen-bond acceptors (Lipinski definition) is 1. The monoisotopic (exact) mass is 200 g/mol. The molecule has 1 aliphatic rings. The van der Waals surface area contributed by atoms with Gasteiger partial charge >= 0.3 is 0 Å². The topological polar surface area (TPSA) is 17.1 Å². The number of rotatable bonds is 1. The predicted octanol–water partition coefficient (Wildman–Crippen LogP) is 2.57. The number of carbonyl (C=O) groups excluding carboxylic acids is 1. The molecule has 0 atom stereocenters. The number of allylic oxidation sites excluding steroid dienone is 4. The predicted molar refractivity (Wildman–Crippen MR) is 45.0 cm³/mol. The van der Waals surface area contributed by atoms with E-state index in [1.807, 2.05) is 6.08 Å². The van der Waals surface area contributed by atoms with Crippen molar-refractivity contribution in [2.75, 3.05) is 0 Å². The van der Waals surface area contributed by atoms with E-state index in [1.165, 1.54) is 0 Å². The molecular weight excluding hydrogens is 192 g/mol. The van der Waals surface area contributed by atoms with Crippen molar-refractivity contribution in [1.82, 2.24) is 0 Å². The number of ketones is 1. The zero-order valence-corrected chi connectivity index (χ0v) is 7.44. The van der Waals surface area contributed by atoms with Gasteiger partial charge in [0.1, 0.15) is 0 Å². The fraction of sp³-hybridized carbons (Fsp3) is 0.375. The minimum absolute atomic E-state index is 0.185. The largest absolute Gasteiger partial charge is 0.295 e. The minimum atomic E-state index is 0.185. The number of hydrogen-bond donors (Lipinski definition) is 0.